The van der Waals surface area contributed by atoms with E-state index in [9.17, 15) is 10.0 Å². The molecule has 0 bridgehead atoms. The Morgan fingerprint density at radius 1 is 1.15 bits per heavy atom. The molecule has 0 saturated carbocycles. The topological polar surface area (TPSA) is 107 Å². The van der Waals surface area contributed by atoms with E-state index < -0.39 is 7.12 Å². The Morgan fingerprint density at radius 2 is 1.94 bits per heavy atom. The molecule has 2 aromatic carbocycles. The molecule has 0 saturated heterocycles. The lowest BCUT2D eigenvalue weighted by Gasteiger charge is -2.24. The van der Waals surface area contributed by atoms with Gasteiger partial charge in [0.2, 0.25) is 17.8 Å². The summed E-state index contributed by atoms with van der Waals surface area (Å²) in [6, 6.07) is 13.5. The van der Waals surface area contributed by atoms with Crippen LogP contribution in [-0.2, 0) is 24.3 Å². The molecule has 10 heteroatoms. The van der Waals surface area contributed by atoms with E-state index in [0.29, 0.717) is 36.5 Å². The van der Waals surface area contributed by atoms with Crippen molar-refractivity contribution in [1.29, 1.82) is 0 Å². The van der Waals surface area contributed by atoms with E-state index in [1.807, 2.05) is 31.1 Å². The molecule has 0 spiro atoms. The van der Waals surface area contributed by atoms with Crippen molar-refractivity contribution < 1.29 is 14.8 Å². The van der Waals surface area contributed by atoms with Gasteiger partial charge in [-0.2, -0.15) is 15.0 Å². The quantitative estimate of drug-likeness (QED) is 0.442. The zero-order valence-corrected chi connectivity index (χ0v) is 19.4. The fourth-order valence-corrected chi connectivity index (χ4v) is 4.09. The molecule has 0 radical (unpaired) electrons. The Hall–Kier alpha value is -3.21. The predicted molar refractivity (Wildman–Crippen MR) is 130 cm³/mol. The van der Waals surface area contributed by atoms with Gasteiger partial charge >= 0.3 is 7.12 Å². The van der Waals surface area contributed by atoms with Gasteiger partial charge in [0.1, 0.15) is 0 Å². The molecule has 1 aliphatic rings. The molecule has 172 valence electrons. The second-order valence-electron chi connectivity index (χ2n) is 8.40. The molecule has 3 aromatic rings. The van der Waals surface area contributed by atoms with Crippen molar-refractivity contribution in [2.24, 2.45) is 0 Å². The standard InChI is InChI=1S/C23H29BN6O3/c1-15-11-19-17(14-33-4)8-6-10-20(19)30(15)23-27-21(26-22(28-23)29(2)3)25-13-16-7-5-9-18(12-16)24(31)32/h5-10,12,15,31-32H,11,13-14H2,1-4H3,(H,25,26,27,28). The first kappa shape index (κ1) is 23.0. The molecule has 3 N–H and O–H groups in total. The Labute approximate surface area is 194 Å². The Kier molecular flexibility index (Phi) is 6.78. The molecule has 1 atom stereocenters. The third-order valence-corrected chi connectivity index (χ3v) is 5.68. The van der Waals surface area contributed by atoms with Crippen LogP contribution >= 0.6 is 0 Å². The van der Waals surface area contributed by atoms with E-state index in [1.165, 1.54) is 11.1 Å². The summed E-state index contributed by atoms with van der Waals surface area (Å²) in [6.07, 6.45) is 0.886. The van der Waals surface area contributed by atoms with Gasteiger partial charge in [-0.25, -0.2) is 0 Å². The van der Waals surface area contributed by atoms with Gasteiger partial charge in [-0.05, 0) is 41.6 Å². The normalized spacial score (nSPS) is 14.8. The molecule has 33 heavy (non-hydrogen) atoms. The zero-order valence-electron chi connectivity index (χ0n) is 19.4. The summed E-state index contributed by atoms with van der Waals surface area (Å²) in [7, 11) is 3.99. The number of hydrogen-bond acceptors (Lipinski definition) is 9. The molecule has 0 aliphatic carbocycles. The number of hydrogen-bond donors (Lipinski definition) is 3. The van der Waals surface area contributed by atoms with Gasteiger partial charge in [-0.1, -0.05) is 36.4 Å². The molecule has 0 fully saturated rings. The monoisotopic (exact) mass is 448 g/mol. The van der Waals surface area contributed by atoms with Crippen LogP contribution in [-0.4, -0.2) is 59.4 Å². The Morgan fingerprint density at radius 3 is 2.67 bits per heavy atom. The summed E-state index contributed by atoms with van der Waals surface area (Å²) in [5.41, 5.74) is 4.85. The minimum absolute atomic E-state index is 0.186. The number of nitrogens with zero attached hydrogens (tertiary/aromatic N) is 5. The summed E-state index contributed by atoms with van der Waals surface area (Å²) in [5.74, 6) is 1.58. The van der Waals surface area contributed by atoms with Crippen LogP contribution in [0.5, 0.6) is 0 Å². The molecular formula is C23H29BN6O3. The maximum atomic E-state index is 9.43. The van der Waals surface area contributed by atoms with E-state index >= 15 is 0 Å². The first-order valence-corrected chi connectivity index (χ1v) is 10.9. The van der Waals surface area contributed by atoms with Gasteiger partial charge in [0, 0.05) is 39.5 Å². The van der Waals surface area contributed by atoms with E-state index in [1.54, 1.807) is 25.3 Å². The number of anilines is 4. The number of benzene rings is 2. The summed E-state index contributed by atoms with van der Waals surface area (Å²) < 4.78 is 5.39. The van der Waals surface area contributed by atoms with Crippen molar-refractivity contribution in [3.05, 3.63) is 59.2 Å². The maximum Gasteiger partial charge on any atom is 0.488 e. The number of nitrogens with one attached hydrogen (secondary N) is 1. The summed E-state index contributed by atoms with van der Waals surface area (Å²) >= 11 is 0. The van der Waals surface area contributed by atoms with Crippen LogP contribution in [0.1, 0.15) is 23.6 Å². The maximum absolute atomic E-state index is 9.43. The highest BCUT2D eigenvalue weighted by atomic mass is 16.5. The first-order chi connectivity index (χ1) is 15.9. The largest absolute Gasteiger partial charge is 0.488 e. The Balaban J connectivity index is 1.65. The lowest BCUT2D eigenvalue weighted by Crippen LogP contribution is -2.30. The van der Waals surface area contributed by atoms with Crippen molar-refractivity contribution in [1.82, 2.24) is 15.0 Å². The number of rotatable bonds is 8. The lowest BCUT2D eigenvalue weighted by molar-refractivity contribution is 0.184. The van der Waals surface area contributed by atoms with Gasteiger partial charge in [0.15, 0.2) is 0 Å². The SMILES string of the molecule is COCc1cccc2c1CC(C)N2c1nc(NCc2cccc(B(O)O)c2)nc(N(C)C)n1. The van der Waals surface area contributed by atoms with Gasteiger partial charge in [0.05, 0.1) is 6.61 Å². The highest BCUT2D eigenvalue weighted by Crippen LogP contribution is 2.39. The van der Waals surface area contributed by atoms with Crippen LogP contribution in [0, 0.1) is 0 Å². The molecule has 0 amide bonds. The summed E-state index contributed by atoms with van der Waals surface area (Å²) in [4.78, 5) is 18.0. The third kappa shape index (κ3) is 4.92. The van der Waals surface area contributed by atoms with Crippen LogP contribution in [0.4, 0.5) is 23.5 Å². The Bertz CT molecular complexity index is 1130. The number of aromatic nitrogens is 3. The second-order valence-corrected chi connectivity index (χ2v) is 8.40. The number of ether oxygens (including phenoxy) is 1. The van der Waals surface area contributed by atoms with Gasteiger partial charge in [-0.3, -0.25) is 0 Å². The van der Waals surface area contributed by atoms with Crippen molar-refractivity contribution >= 4 is 36.1 Å². The molecular weight excluding hydrogens is 419 g/mol. The second kappa shape index (κ2) is 9.74. The van der Waals surface area contributed by atoms with Crippen molar-refractivity contribution in [3.63, 3.8) is 0 Å². The van der Waals surface area contributed by atoms with E-state index in [2.05, 4.69) is 34.3 Å². The summed E-state index contributed by atoms with van der Waals surface area (Å²) in [6.45, 7) is 3.16. The lowest BCUT2D eigenvalue weighted by atomic mass is 9.80. The van der Waals surface area contributed by atoms with E-state index in [0.717, 1.165) is 17.7 Å². The zero-order chi connectivity index (χ0) is 23.5. The minimum atomic E-state index is -1.51. The van der Waals surface area contributed by atoms with Crippen molar-refractivity contribution in [2.75, 3.05) is 36.3 Å². The molecule has 9 nitrogen and oxygen atoms in total. The average molecular weight is 448 g/mol. The first-order valence-electron chi connectivity index (χ1n) is 10.9. The molecule has 4 rings (SSSR count). The highest BCUT2D eigenvalue weighted by molar-refractivity contribution is 6.58. The highest BCUT2D eigenvalue weighted by Gasteiger charge is 2.31. The van der Waals surface area contributed by atoms with Crippen molar-refractivity contribution in [3.8, 4) is 0 Å². The third-order valence-electron chi connectivity index (χ3n) is 5.68. The van der Waals surface area contributed by atoms with Gasteiger partial charge in [-0.15, -0.1) is 0 Å². The molecule has 2 heterocycles. The van der Waals surface area contributed by atoms with Gasteiger partial charge < -0.3 is 29.9 Å². The van der Waals surface area contributed by atoms with Crippen LogP contribution in [0.25, 0.3) is 0 Å². The number of methoxy groups -OCH3 is 1. The predicted octanol–water partition coefficient (Wildman–Crippen LogP) is 1.46. The van der Waals surface area contributed by atoms with Crippen LogP contribution in [0.15, 0.2) is 42.5 Å². The van der Waals surface area contributed by atoms with E-state index in [4.69, 9.17) is 14.7 Å². The molecule has 1 unspecified atom stereocenters. The van der Waals surface area contributed by atoms with Crippen LogP contribution in [0.3, 0.4) is 0 Å². The molecule has 1 aromatic heterocycles. The fraction of sp³-hybridized carbons (Fsp3) is 0.348. The molecule has 1 aliphatic heterocycles. The van der Waals surface area contributed by atoms with Crippen molar-refractivity contribution in [2.45, 2.75) is 32.5 Å². The van der Waals surface area contributed by atoms with Crippen LogP contribution in [0.2, 0.25) is 0 Å². The summed E-state index contributed by atoms with van der Waals surface area (Å²) in [5, 5.41) is 22.1. The van der Waals surface area contributed by atoms with Gasteiger partial charge in [0.25, 0.3) is 0 Å². The number of fused-ring (bicyclic) bond motifs is 1. The van der Waals surface area contributed by atoms with E-state index in [-0.39, 0.29) is 6.04 Å². The fourth-order valence-electron chi connectivity index (χ4n) is 4.09. The van der Waals surface area contributed by atoms with Crippen LogP contribution < -0.4 is 20.6 Å². The minimum Gasteiger partial charge on any atom is -0.423 e. The average Bonchev–Trinajstić information content (AvgIpc) is 3.14. The smallest absolute Gasteiger partial charge is 0.423 e.